The summed E-state index contributed by atoms with van der Waals surface area (Å²) in [4.78, 5) is 32.7. The van der Waals surface area contributed by atoms with Gasteiger partial charge in [0, 0.05) is 25.2 Å². The van der Waals surface area contributed by atoms with Crippen LogP contribution < -0.4 is 0 Å². The third kappa shape index (κ3) is 7.21. The van der Waals surface area contributed by atoms with Crippen molar-refractivity contribution in [3.63, 3.8) is 0 Å². The van der Waals surface area contributed by atoms with Gasteiger partial charge in [0.25, 0.3) is 0 Å². The fraction of sp³-hybridized carbons (Fsp3) is 0.727. The molecule has 2 saturated carbocycles. The van der Waals surface area contributed by atoms with Crippen LogP contribution in [-0.2, 0) is 31.9 Å². The number of carbonyl (C=O) groups is 2. The number of rotatable bonds is 8. The highest BCUT2D eigenvalue weighted by Gasteiger charge is 2.19. The first-order valence-corrected chi connectivity index (χ1v) is 10.9. The molecule has 0 radical (unpaired) electrons. The zero-order valence-corrected chi connectivity index (χ0v) is 16.7. The van der Waals surface area contributed by atoms with Crippen molar-refractivity contribution in [2.75, 3.05) is 0 Å². The van der Waals surface area contributed by atoms with Crippen molar-refractivity contribution in [3.05, 3.63) is 23.8 Å². The van der Waals surface area contributed by atoms with Crippen LogP contribution in [0.4, 0.5) is 0 Å². The van der Waals surface area contributed by atoms with E-state index in [4.69, 9.17) is 9.47 Å². The van der Waals surface area contributed by atoms with Gasteiger partial charge in [-0.1, -0.05) is 12.8 Å². The van der Waals surface area contributed by atoms with Gasteiger partial charge < -0.3 is 9.47 Å². The Hall–Kier alpha value is -1.98. The third-order valence-corrected chi connectivity index (χ3v) is 5.63. The third-order valence-electron chi connectivity index (χ3n) is 5.63. The summed E-state index contributed by atoms with van der Waals surface area (Å²) in [6.45, 7) is 0. The zero-order valence-electron chi connectivity index (χ0n) is 16.7. The van der Waals surface area contributed by atoms with Crippen molar-refractivity contribution in [2.24, 2.45) is 0 Å². The normalized spacial score (nSPS) is 18.6. The predicted molar refractivity (Wildman–Crippen MR) is 105 cm³/mol. The van der Waals surface area contributed by atoms with Gasteiger partial charge in [0.15, 0.2) is 0 Å². The van der Waals surface area contributed by atoms with Crippen LogP contribution in [0.1, 0.15) is 88.4 Å². The molecule has 154 valence electrons. The summed E-state index contributed by atoms with van der Waals surface area (Å²) in [5.41, 5.74) is 1.54. The standard InChI is InChI=1S/C22H32N2O4/c25-21(27-19-7-3-1-4-8-19)13-11-17-15-24-18(16-23-17)12-14-22(26)28-20-9-5-2-6-10-20/h15-16,19-20H,1-14H2. The van der Waals surface area contributed by atoms with Crippen LogP contribution in [0.25, 0.3) is 0 Å². The Labute approximate surface area is 167 Å². The topological polar surface area (TPSA) is 78.4 Å². The van der Waals surface area contributed by atoms with Crippen molar-refractivity contribution in [1.29, 1.82) is 0 Å². The van der Waals surface area contributed by atoms with Crippen LogP contribution in [0.15, 0.2) is 12.4 Å². The van der Waals surface area contributed by atoms with E-state index in [0.717, 1.165) is 62.8 Å². The Morgan fingerprint density at radius 1 is 0.714 bits per heavy atom. The van der Waals surface area contributed by atoms with E-state index in [2.05, 4.69) is 9.97 Å². The van der Waals surface area contributed by atoms with E-state index in [9.17, 15) is 9.59 Å². The van der Waals surface area contributed by atoms with Crippen LogP contribution in [0.3, 0.4) is 0 Å². The molecule has 0 saturated heterocycles. The number of carbonyl (C=O) groups excluding carboxylic acids is 2. The molecule has 0 N–H and O–H groups in total. The summed E-state index contributed by atoms with van der Waals surface area (Å²) in [5.74, 6) is -0.300. The fourth-order valence-corrected chi connectivity index (χ4v) is 3.96. The van der Waals surface area contributed by atoms with Crippen LogP contribution in [0.5, 0.6) is 0 Å². The number of aromatic nitrogens is 2. The number of nitrogens with zero attached hydrogens (tertiary/aromatic N) is 2. The van der Waals surface area contributed by atoms with Gasteiger partial charge in [-0.25, -0.2) is 0 Å². The number of esters is 2. The zero-order chi connectivity index (χ0) is 19.6. The van der Waals surface area contributed by atoms with Crippen LogP contribution in [0.2, 0.25) is 0 Å². The van der Waals surface area contributed by atoms with Crippen molar-refractivity contribution in [3.8, 4) is 0 Å². The molecule has 3 rings (SSSR count). The second-order valence-corrected chi connectivity index (χ2v) is 8.00. The summed E-state index contributed by atoms with van der Waals surface area (Å²) < 4.78 is 11.1. The maximum absolute atomic E-state index is 12.0. The summed E-state index contributed by atoms with van der Waals surface area (Å²) in [7, 11) is 0. The fourth-order valence-electron chi connectivity index (χ4n) is 3.96. The Balaban J connectivity index is 1.33. The summed E-state index contributed by atoms with van der Waals surface area (Å²) in [5, 5.41) is 0. The molecule has 1 aromatic rings. The quantitative estimate of drug-likeness (QED) is 0.624. The highest BCUT2D eigenvalue weighted by Crippen LogP contribution is 2.21. The maximum atomic E-state index is 12.0. The molecule has 2 fully saturated rings. The van der Waals surface area contributed by atoms with Gasteiger partial charge in [-0.3, -0.25) is 19.6 Å². The average Bonchev–Trinajstić information content (AvgIpc) is 2.73. The molecular formula is C22H32N2O4. The summed E-state index contributed by atoms with van der Waals surface area (Å²) in [6, 6.07) is 0. The van der Waals surface area contributed by atoms with E-state index in [0.29, 0.717) is 25.7 Å². The molecule has 6 nitrogen and oxygen atoms in total. The Kier molecular flexibility index (Phi) is 8.24. The van der Waals surface area contributed by atoms with E-state index in [-0.39, 0.29) is 24.1 Å². The van der Waals surface area contributed by atoms with Crippen molar-refractivity contribution >= 4 is 11.9 Å². The van der Waals surface area contributed by atoms with Crippen LogP contribution >= 0.6 is 0 Å². The van der Waals surface area contributed by atoms with E-state index in [1.54, 1.807) is 12.4 Å². The molecule has 0 aromatic carbocycles. The Morgan fingerprint density at radius 3 is 1.46 bits per heavy atom. The van der Waals surface area contributed by atoms with Crippen molar-refractivity contribution in [2.45, 2.75) is 102 Å². The minimum atomic E-state index is -0.150. The van der Waals surface area contributed by atoms with E-state index in [1.807, 2.05) is 0 Å². The molecular weight excluding hydrogens is 356 g/mol. The highest BCUT2D eigenvalue weighted by molar-refractivity contribution is 5.70. The van der Waals surface area contributed by atoms with Gasteiger partial charge in [0.2, 0.25) is 0 Å². The van der Waals surface area contributed by atoms with Crippen molar-refractivity contribution in [1.82, 2.24) is 9.97 Å². The van der Waals surface area contributed by atoms with Crippen molar-refractivity contribution < 1.29 is 19.1 Å². The maximum Gasteiger partial charge on any atom is 0.306 e. The van der Waals surface area contributed by atoms with Crippen LogP contribution in [-0.4, -0.2) is 34.1 Å². The van der Waals surface area contributed by atoms with Gasteiger partial charge >= 0.3 is 11.9 Å². The average molecular weight is 389 g/mol. The van der Waals surface area contributed by atoms with Gasteiger partial charge in [-0.05, 0) is 51.4 Å². The van der Waals surface area contributed by atoms with Gasteiger partial charge in [-0.15, -0.1) is 0 Å². The Bertz CT molecular complexity index is 565. The first-order chi connectivity index (χ1) is 13.7. The first kappa shape index (κ1) is 20.7. The van der Waals surface area contributed by atoms with Gasteiger partial charge in [0.1, 0.15) is 12.2 Å². The smallest absolute Gasteiger partial charge is 0.306 e. The Morgan fingerprint density at radius 2 is 1.11 bits per heavy atom. The molecule has 0 bridgehead atoms. The number of hydrogen-bond donors (Lipinski definition) is 0. The molecule has 6 heteroatoms. The molecule has 1 heterocycles. The SMILES string of the molecule is O=C(CCc1cnc(CCC(=O)OC2CCCCC2)cn1)OC1CCCCC1. The molecule has 0 aliphatic heterocycles. The second-order valence-electron chi connectivity index (χ2n) is 8.00. The lowest BCUT2D eigenvalue weighted by Gasteiger charge is -2.21. The van der Waals surface area contributed by atoms with E-state index >= 15 is 0 Å². The number of ether oxygens (including phenoxy) is 2. The van der Waals surface area contributed by atoms with Gasteiger partial charge in [0.05, 0.1) is 24.2 Å². The van der Waals surface area contributed by atoms with E-state index in [1.165, 1.54) is 12.8 Å². The number of hydrogen-bond acceptors (Lipinski definition) is 6. The monoisotopic (exact) mass is 388 g/mol. The van der Waals surface area contributed by atoms with Gasteiger partial charge in [-0.2, -0.15) is 0 Å². The van der Waals surface area contributed by atoms with E-state index < -0.39 is 0 Å². The molecule has 0 spiro atoms. The lowest BCUT2D eigenvalue weighted by molar-refractivity contribution is -0.151. The first-order valence-electron chi connectivity index (χ1n) is 10.9. The summed E-state index contributed by atoms with van der Waals surface area (Å²) in [6.07, 6.45) is 16.4. The lowest BCUT2D eigenvalue weighted by atomic mass is 9.98. The second kappa shape index (κ2) is 11.1. The molecule has 2 aliphatic rings. The highest BCUT2D eigenvalue weighted by atomic mass is 16.5. The minimum Gasteiger partial charge on any atom is -0.462 e. The molecule has 28 heavy (non-hydrogen) atoms. The molecule has 1 aromatic heterocycles. The summed E-state index contributed by atoms with van der Waals surface area (Å²) >= 11 is 0. The molecule has 0 unspecified atom stereocenters. The number of aryl methyl sites for hydroxylation is 2. The van der Waals surface area contributed by atoms with Crippen LogP contribution in [0, 0.1) is 0 Å². The molecule has 0 amide bonds. The molecule has 0 atom stereocenters. The predicted octanol–water partition coefficient (Wildman–Crippen LogP) is 4.09. The molecule has 2 aliphatic carbocycles. The largest absolute Gasteiger partial charge is 0.462 e. The lowest BCUT2D eigenvalue weighted by Crippen LogP contribution is -2.21. The minimum absolute atomic E-state index is 0.100.